The van der Waals surface area contributed by atoms with Gasteiger partial charge in [0.25, 0.3) is 0 Å². The first-order chi connectivity index (χ1) is 7.50. The highest BCUT2D eigenvalue weighted by atomic mass is 16.5. The van der Waals surface area contributed by atoms with Crippen LogP contribution in [0.2, 0.25) is 0 Å². The second-order valence-corrected chi connectivity index (χ2v) is 5.19. The van der Waals surface area contributed by atoms with E-state index in [2.05, 4.69) is 24.1 Å². The molecular weight excluding hydrogens is 204 g/mol. The van der Waals surface area contributed by atoms with Crippen LogP contribution in [-0.4, -0.2) is 50.2 Å². The zero-order valence-corrected chi connectivity index (χ0v) is 10.9. The number of hydrogen-bond acceptors (Lipinski definition) is 4. The number of carbonyl (C=O) groups excluding carboxylic acids is 1. The highest BCUT2D eigenvalue weighted by Gasteiger charge is 2.42. The summed E-state index contributed by atoms with van der Waals surface area (Å²) in [4.78, 5) is 14.1. The molecule has 1 fully saturated rings. The van der Waals surface area contributed by atoms with E-state index >= 15 is 0 Å². The van der Waals surface area contributed by atoms with Crippen LogP contribution in [-0.2, 0) is 9.53 Å². The Morgan fingerprint density at radius 1 is 1.56 bits per heavy atom. The SMILES string of the molecule is COC(=O)C1(NCC(C)C)CCCN(C)C1. The summed E-state index contributed by atoms with van der Waals surface area (Å²) in [6, 6.07) is 0. The molecule has 0 aliphatic carbocycles. The summed E-state index contributed by atoms with van der Waals surface area (Å²) >= 11 is 0. The van der Waals surface area contributed by atoms with Gasteiger partial charge in [-0.3, -0.25) is 4.79 Å². The zero-order valence-electron chi connectivity index (χ0n) is 10.9. The average Bonchev–Trinajstić information content (AvgIpc) is 2.25. The Labute approximate surface area is 98.3 Å². The van der Waals surface area contributed by atoms with Crippen LogP contribution >= 0.6 is 0 Å². The summed E-state index contributed by atoms with van der Waals surface area (Å²) in [7, 11) is 3.52. The number of nitrogens with one attached hydrogen (secondary N) is 1. The Morgan fingerprint density at radius 2 is 2.25 bits per heavy atom. The minimum absolute atomic E-state index is 0.125. The minimum Gasteiger partial charge on any atom is -0.468 e. The molecule has 4 heteroatoms. The average molecular weight is 228 g/mol. The van der Waals surface area contributed by atoms with Gasteiger partial charge in [-0.25, -0.2) is 0 Å². The molecule has 1 N–H and O–H groups in total. The third-order valence-electron chi connectivity index (χ3n) is 3.11. The molecule has 0 aromatic rings. The van der Waals surface area contributed by atoms with Gasteiger partial charge >= 0.3 is 5.97 Å². The molecule has 0 bridgehead atoms. The van der Waals surface area contributed by atoms with E-state index in [4.69, 9.17) is 4.74 Å². The summed E-state index contributed by atoms with van der Waals surface area (Å²) in [6.45, 7) is 6.94. The van der Waals surface area contributed by atoms with Crippen LogP contribution in [0.25, 0.3) is 0 Å². The molecule has 0 spiro atoms. The van der Waals surface area contributed by atoms with Crippen LogP contribution in [0.3, 0.4) is 0 Å². The Bertz CT molecular complexity index is 243. The van der Waals surface area contributed by atoms with Crippen LogP contribution in [0.5, 0.6) is 0 Å². The lowest BCUT2D eigenvalue weighted by Crippen LogP contribution is -2.62. The maximum atomic E-state index is 11.9. The Balaban J connectivity index is 2.71. The maximum Gasteiger partial charge on any atom is 0.327 e. The van der Waals surface area contributed by atoms with Crippen molar-refractivity contribution < 1.29 is 9.53 Å². The van der Waals surface area contributed by atoms with E-state index in [1.165, 1.54) is 7.11 Å². The van der Waals surface area contributed by atoms with Gasteiger partial charge in [-0.15, -0.1) is 0 Å². The minimum atomic E-state index is -0.494. The smallest absolute Gasteiger partial charge is 0.327 e. The lowest BCUT2D eigenvalue weighted by Gasteiger charge is -2.40. The van der Waals surface area contributed by atoms with Crippen LogP contribution in [0.1, 0.15) is 26.7 Å². The first-order valence-corrected chi connectivity index (χ1v) is 6.02. The van der Waals surface area contributed by atoms with Gasteiger partial charge in [0, 0.05) is 6.54 Å². The molecule has 94 valence electrons. The van der Waals surface area contributed by atoms with Gasteiger partial charge in [-0.1, -0.05) is 13.8 Å². The van der Waals surface area contributed by atoms with Crippen molar-refractivity contribution in [3.8, 4) is 0 Å². The fourth-order valence-electron chi connectivity index (χ4n) is 2.25. The molecule has 0 amide bonds. The molecule has 1 aliphatic rings. The molecule has 4 nitrogen and oxygen atoms in total. The first-order valence-electron chi connectivity index (χ1n) is 6.02. The van der Waals surface area contributed by atoms with Gasteiger partial charge in [0.1, 0.15) is 5.54 Å². The summed E-state index contributed by atoms with van der Waals surface area (Å²) < 4.78 is 4.95. The van der Waals surface area contributed by atoms with Gasteiger partial charge < -0.3 is 15.0 Å². The van der Waals surface area contributed by atoms with E-state index in [0.29, 0.717) is 5.92 Å². The number of likely N-dealkylation sites (tertiary alicyclic amines) is 1. The van der Waals surface area contributed by atoms with Crippen molar-refractivity contribution in [3.63, 3.8) is 0 Å². The normalized spacial score (nSPS) is 27.1. The number of esters is 1. The number of ether oxygens (including phenoxy) is 1. The van der Waals surface area contributed by atoms with Crippen LogP contribution in [0.15, 0.2) is 0 Å². The Hall–Kier alpha value is -0.610. The predicted octanol–water partition coefficient (Wildman–Crippen LogP) is 0.869. The lowest BCUT2D eigenvalue weighted by atomic mass is 9.88. The van der Waals surface area contributed by atoms with Crippen LogP contribution < -0.4 is 5.32 Å². The van der Waals surface area contributed by atoms with E-state index in [-0.39, 0.29) is 5.97 Å². The van der Waals surface area contributed by atoms with E-state index in [1.54, 1.807) is 0 Å². The fraction of sp³-hybridized carbons (Fsp3) is 0.917. The van der Waals surface area contributed by atoms with Crippen molar-refractivity contribution >= 4 is 5.97 Å². The van der Waals surface area contributed by atoms with Crippen molar-refractivity contribution in [2.45, 2.75) is 32.2 Å². The van der Waals surface area contributed by atoms with E-state index < -0.39 is 5.54 Å². The van der Waals surface area contributed by atoms with Crippen LogP contribution in [0.4, 0.5) is 0 Å². The standard InChI is InChI=1S/C12H24N2O2/c1-10(2)8-13-12(11(15)16-4)6-5-7-14(3)9-12/h10,13H,5-9H2,1-4H3. The summed E-state index contributed by atoms with van der Waals surface area (Å²) in [6.07, 6.45) is 1.91. The molecule has 16 heavy (non-hydrogen) atoms. The molecule has 0 saturated carbocycles. The third-order valence-corrected chi connectivity index (χ3v) is 3.11. The number of piperidine rings is 1. The number of carbonyl (C=O) groups is 1. The van der Waals surface area contributed by atoms with Crippen molar-refractivity contribution in [3.05, 3.63) is 0 Å². The summed E-state index contributed by atoms with van der Waals surface area (Å²) in [5.41, 5.74) is -0.494. The topological polar surface area (TPSA) is 41.6 Å². The quantitative estimate of drug-likeness (QED) is 0.725. The van der Waals surface area contributed by atoms with Gasteiger partial charge in [-0.05, 0) is 38.9 Å². The lowest BCUT2D eigenvalue weighted by molar-refractivity contribution is -0.151. The number of hydrogen-bond donors (Lipinski definition) is 1. The molecule has 1 atom stereocenters. The van der Waals surface area contributed by atoms with Crippen molar-refractivity contribution in [2.75, 3.05) is 33.8 Å². The van der Waals surface area contributed by atoms with Gasteiger partial charge in [0.05, 0.1) is 7.11 Å². The molecule has 0 aromatic heterocycles. The number of rotatable bonds is 4. The van der Waals surface area contributed by atoms with E-state index in [9.17, 15) is 4.79 Å². The summed E-state index contributed by atoms with van der Waals surface area (Å²) in [5.74, 6) is 0.411. The third kappa shape index (κ3) is 3.19. The van der Waals surface area contributed by atoms with Crippen molar-refractivity contribution in [1.29, 1.82) is 0 Å². The molecule has 1 rings (SSSR count). The fourth-order valence-corrected chi connectivity index (χ4v) is 2.25. The molecule has 1 saturated heterocycles. The molecule has 0 aromatic carbocycles. The molecule has 1 unspecified atom stereocenters. The Morgan fingerprint density at radius 3 is 2.75 bits per heavy atom. The van der Waals surface area contributed by atoms with E-state index in [1.807, 2.05) is 7.05 Å². The summed E-state index contributed by atoms with van der Waals surface area (Å²) in [5, 5.41) is 3.40. The number of likely N-dealkylation sites (N-methyl/N-ethyl adjacent to an activating group) is 1. The highest BCUT2D eigenvalue weighted by molar-refractivity contribution is 5.81. The zero-order chi connectivity index (χ0) is 12.2. The maximum absolute atomic E-state index is 11.9. The first kappa shape index (κ1) is 13.5. The van der Waals surface area contributed by atoms with Crippen LogP contribution in [0, 0.1) is 5.92 Å². The number of nitrogens with zero attached hydrogens (tertiary/aromatic N) is 1. The molecule has 0 radical (unpaired) electrons. The molecular formula is C12H24N2O2. The van der Waals surface area contributed by atoms with Gasteiger partial charge in [-0.2, -0.15) is 0 Å². The Kier molecular flexibility index (Phi) is 4.74. The predicted molar refractivity (Wildman–Crippen MR) is 64.3 cm³/mol. The second kappa shape index (κ2) is 5.64. The molecule has 1 heterocycles. The second-order valence-electron chi connectivity index (χ2n) is 5.19. The van der Waals surface area contributed by atoms with Crippen molar-refractivity contribution in [1.82, 2.24) is 10.2 Å². The highest BCUT2D eigenvalue weighted by Crippen LogP contribution is 2.22. The molecule has 1 aliphatic heterocycles. The van der Waals surface area contributed by atoms with Gasteiger partial charge in [0.15, 0.2) is 0 Å². The van der Waals surface area contributed by atoms with Gasteiger partial charge in [0.2, 0.25) is 0 Å². The monoisotopic (exact) mass is 228 g/mol. The van der Waals surface area contributed by atoms with Crippen molar-refractivity contribution in [2.24, 2.45) is 5.92 Å². The van der Waals surface area contributed by atoms with E-state index in [0.717, 1.165) is 32.5 Å². The largest absolute Gasteiger partial charge is 0.468 e. The number of methoxy groups -OCH3 is 1.